The fourth-order valence-corrected chi connectivity index (χ4v) is 3.64. The first kappa shape index (κ1) is 26.7. The molecule has 0 rings (SSSR count). The average Bonchev–Trinajstić information content (AvgIpc) is 2.68. The second-order valence-corrected chi connectivity index (χ2v) is 7.84. The summed E-state index contributed by atoms with van der Waals surface area (Å²) in [6.07, 6.45) is 20.1. The Kier molecular flexibility index (Phi) is 18.1. The van der Waals surface area contributed by atoms with Crippen LogP contribution in [0.1, 0.15) is 111 Å². The molecule has 1 atom stereocenters. The van der Waals surface area contributed by atoms with E-state index in [9.17, 15) is 14.7 Å². The van der Waals surface area contributed by atoms with Crippen molar-refractivity contribution in [2.75, 3.05) is 13.1 Å². The van der Waals surface area contributed by atoms with Gasteiger partial charge in [0.25, 0.3) is 0 Å². The first-order valence-electron chi connectivity index (χ1n) is 11.7. The molecule has 0 aromatic rings. The summed E-state index contributed by atoms with van der Waals surface area (Å²) in [5.41, 5.74) is 0. The molecule has 0 aromatic carbocycles. The lowest BCUT2D eigenvalue weighted by atomic mass is 9.96. The molecule has 0 aliphatic rings. The van der Waals surface area contributed by atoms with Crippen LogP contribution in [0.15, 0.2) is 12.2 Å². The van der Waals surface area contributed by atoms with Crippen LogP contribution < -0.4 is 0 Å². The van der Waals surface area contributed by atoms with Gasteiger partial charge in [0.15, 0.2) is 0 Å². The van der Waals surface area contributed by atoms with Crippen molar-refractivity contribution in [3.05, 3.63) is 12.2 Å². The summed E-state index contributed by atoms with van der Waals surface area (Å²) in [6, 6.07) is 0. The second kappa shape index (κ2) is 19.0. The number of carboxylic acids is 1. The van der Waals surface area contributed by atoms with Gasteiger partial charge in [0.05, 0.1) is 5.92 Å². The van der Waals surface area contributed by atoms with Gasteiger partial charge in [0.2, 0.25) is 5.91 Å². The van der Waals surface area contributed by atoms with Crippen molar-refractivity contribution < 1.29 is 14.7 Å². The topological polar surface area (TPSA) is 57.6 Å². The summed E-state index contributed by atoms with van der Waals surface area (Å²) in [6.45, 7) is 7.25. The van der Waals surface area contributed by atoms with E-state index in [1.54, 1.807) is 4.90 Å². The summed E-state index contributed by atoms with van der Waals surface area (Å²) < 4.78 is 0. The van der Waals surface area contributed by atoms with Crippen molar-refractivity contribution >= 4 is 11.9 Å². The van der Waals surface area contributed by atoms with Gasteiger partial charge in [-0.2, -0.15) is 0 Å². The number of rotatable bonds is 19. The van der Waals surface area contributed by atoms with Gasteiger partial charge < -0.3 is 10.0 Å². The molecule has 0 radical (unpaired) electrons. The first-order chi connectivity index (χ1) is 13.6. The van der Waals surface area contributed by atoms with Crippen LogP contribution in [-0.4, -0.2) is 35.0 Å². The van der Waals surface area contributed by atoms with E-state index in [4.69, 9.17) is 0 Å². The molecule has 0 aromatic heterocycles. The van der Waals surface area contributed by atoms with Gasteiger partial charge >= 0.3 is 5.97 Å². The predicted octanol–water partition coefficient (Wildman–Crippen LogP) is 6.59. The van der Waals surface area contributed by atoms with Crippen LogP contribution in [0.3, 0.4) is 0 Å². The Labute approximate surface area is 173 Å². The monoisotopic (exact) mass is 395 g/mol. The lowest BCUT2D eigenvalue weighted by Gasteiger charge is -2.21. The first-order valence-corrected chi connectivity index (χ1v) is 11.7. The molecule has 0 heterocycles. The molecule has 4 heteroatoms. The Hall–Kier alpha value is -1.32. The van der Waals surface area contributed by atoms with Crippen LogP contribution >= 0.6 is 0 Å². The molecule has 0 saturated heterocycles. The molecule has 0 aliphatic heterocycles. The Balaban J connectivity index is 3.63. The number of unbranched alkanes of at least 4 members (excludes halogenated alkanes) is 11. The van der Waals surface area contributed by atoms with Crippen molar-refractivity contribution in [3.63, 3.8) is 0 Å². The minimum Gasteiger partial charge on any atom is -0.481 e. The number of nitrogens with zero attached hydrogens (tertiary/aromatic N) is 1. The fraction of sp³-hybridized carbons (Fsp3) is 0.833. The third kappa shape index (κ3) is 14.7. The van der Waals surface area contributed by atoms with Crippen molar-refractivity contribution in [3.8, 4) is 0 Å². The highest BCUT2D eigenvalue weighted by molar-refractivity contribution is 5.82. The normalized spacial score (nSPS) is 12.4. The Morgan fingerprint density at radius 2 is 1.29 bits per heavy atom. The van der Waals surface area contributed by atoms with Crippen LogP contribution in [0, 0.1) is 5.92 Å². The molecule has 0 aliphatic carbocycles. The molecule has 4 nitrogen and oxygen atoms in total. The number of hydrogen-bond acceptors (Lipinski definition) is 2. The van der Waals surface area contributed by atoms with Crippen molar-refractivity contribution in [1.82, 2.24) is 4.90 Å². The maximum absolute atomic E-state index is 12.1. The molecule has 164 valence electrons. The minimum absolute atomic E-state index is 0.0285. The number of amides is 1. The van der Waals surface area contributed by atoms with E-state index < -0.39 is 11.9 Å². The molecule has 1 amide bonds. The second-order valence-electron chi connectivity index (χ2n) is 7.84. The van der Waals surface area contributed by atoms with Crippen LogP contribution in [0.2, 0.25) is 0 Å². The molecular formula is C24H45NO3. The molecular weight excluding hydrogens is 350 g/mol. The van der Waals surface area contributed by atoms with E-state index in [0.717, 1.165) is 12.8 Å². The quantitative estimate of drug-likeness (QED) is 0.198. The predicted molar refractivity (Wildman–Crippen MR) is 119 cm³/mol. The molecule has 0 bridgehead atoms. The Morgan fingerprint density at radius 1 is 0.821 bits per heavy atom. The lowest BCUT2D eigenvalue weighted by Crippen LogP contribution is -2.33. The number of hydrogen-bond donors (Lipinski definition) is 1. The third-order valence-corrected chi connectivity index (χ3v) is 5.55. The number of aliphatic carboxylic acids is 1. The molecule has 0 fully saturated rings. The fourth-order valence-electron chi connectivity index (χ4n) is 3.64. The maximum atomic E-state index is 12.1. The summed E-state index contributed by atoms with van der Waals surface area (Å²) in [5, 5.41) is 9.38. The average molecular weight is 396 g/mol. The van der Waals surface area contributed by atoms with E-state index in [1.807, 2.05) is 13.8 Å². The molecule has 1 N–H and O–H groups in total. The third-order valence-electron chi connectivity index (χ3n) is 5.55. The van der Waals surface area contributed by atoms with E-state index in [2.05, 4.69) is 19.1 Å². The van der Waals surface area contributed by atoms with E-state index >= 15 is 0 Å². The SMILES string of the molecule is C/C=C/CCCCCCCCCCCCCC(CC(=O)N(CC)CC)C(=O)O. The zero-order chi connectivity index (χ0) is 21.0. The zero-order valence-electron chi connectivity index (χ0n) is 18.8. The summed E-state index contributed by atoms with van der Waals surface area (Å²) >= 11 is 0. The van der Waals surface area contributed by atoms with E-state index in [1.165, 1.54) is 64.2 Å². The molecule has 28 heavy (non-hydrogen) atoms. The van der Waals surface area contributed by atoms with Crippen LogP contribution in [0.4, 0.5) is 0 Å². The molecule has 0 saturated carbocycles. The smallest absolute Gasteiger partial charge is 0.307 e. The highest BCUT2D eigenvalue weighted by Gasteiger charge is 2.22. The van der Waals surface area contributed by atoms with E-state index in [-0.39, 0.29) is 12.3 Å². The number of allylic oxidation sites excluding steroid dienone is 2. The van der Waals surface area contributed by atoms with Crippen LogP contribution in [0.25, 0.3) is 0 Å². The zero-order valence-corrected chi connectivity index (χ0v) is 18.8. The van der Waals surface area contributed by atoms with Crippen molar-refractivity contribution in [1.29, 1.82) is 0 Å². The summed E-state index contributed by atoms with van der Waals surface area (Å²) in [4.78, 5) is 25.3. The van der Waals surface area contributed by atoms with Gasteiger partial charge in [0.1, 0.15) is 0 Å². The van der Waals surface area contributed by atoms with Crippen molar-refractivity contribution in [2.24, 2.45) is 5.92 Å². The number of carboxylic acid groups (broad SMARTS) is 1. The van der Waals surface area contributed by atoms with Crippen molar-refractivity contribution in [2.45, 2.75) is 111 Å². The molecule has 0 spiro atoms. The minimum atomic E-state index is -0.828. The summed E-state index contributed by atoms with van der Waals surface area (Å²) in [7, 11) is 0. The van der Waals surface area contributed by atoms with Gasteiger partial charge in [0, 0.05) is 19.5 Å². The number of carbonyl (C=O) groups is 2. The lowest BCUT2D eigenvalue weighted by molar-refractivity contribution is -0.146. The van der Waals surface area contributed by atoms with Gasteiger partial charge in [-0.05, 0) is 40.0 Å². The number of carbonyl (C=O) groups excluding carboxylic acids is 1. The van der Waals surface area contributed by atoms with Gasteiger partial charge in [-0.25, -0.2) is 0 Å². The largest absolute Gasteiger partial charge is 0.481 e. The van der Waals surface area contributed by atoms with Gasteiger partial charge in [-0.1, -0.05) is 76.4 Å². The van der Waals surface area contributed by atoms with E-state index in [0.29, 0.717) is 19.5 Å². The molecule has 1 unspecified atom stereocenters. The Morgan fingerprint density at radius 3 is 1.71 bits per heavy atom. The standard InChI is InChI=1S/C24H45NO3/c1-4-7-8-9-10-11-12-13-14-15-16-17-18-19-20-22(24(27)28)21-23(26)25(5-2)6-3/h4,7,22H,5-6,8-21H2,1-3H3,(H,27,28)/b7-4+. The summed E-state index contributed by atoms with van der Waals surface area (Å²) in [5.74, 6) is -1.38. The Bertz CT molecular complexity index is 416. The van der Waals surface area contributed by atoms with Crippen LogP contribution in [-0.2, 0) is 9.59 Å². The van der Waals surface area contributed by atoms with Gasteiger partial charge in [-0.15, -0.1) is 0 Å². The van der Waals surface area contributed by atoms with Crippen LogP contribution in [0.5, 0.6) is 0 Å². The van der Waals surface area contributed by atoms with Gasteiger partial charge in [-0.3, -0.25) is 9.59 Å². The highest BCUT2D eigenvalue weighted by atomic mass is 16.4. The maximum Gasteiger partial charge on any atom is 0.307 e. The highest BCUT2D eigenvalue weighted by Crippen LogP contribution is 2.18.